The van der Waals surface area contributed by atoms with E-state index in [4.69, 9.17) is 9.47 Å². The standard InChI is InChI=1S/C16H21NO5/c1-5-22-13-8-6-12(10-14(13)20-3)7-9-15(18)17-11(2)16(19)21-4/h6-11H,5H2,1-4H3,(H,17,18)/b9-7+. The fourth-order valence-corrected chi connectivity index (χ4v) is 1.73. The van der Waals surface area contributed by atoms with Crippen molar-refractivity contribution >= 4 is 18.0 Å². The molecule has 120 valence electrons. The molecule has 1 rings (SSSR count). The van der Waals surface area contributed by atoms with Crippen molar-refractivity contribution in [3.63, 3.8) is 0 Å². The highest BCUT2D eigenvalue weighted by Gasteiger charge is 2.14. The predicted molar refractivity (Wildman–Crippen MR) is 82.8 cm³/mol. The lowest BCUT2D eigenvalue weighted by atomic mass is 10.2. The Bertz CT molecular complexity index is 553. The summed E-state index contributed by atoms with van der Waals surface area (Å²) in [6.07, 6.45) is 2.96. The quantitative estimate of drug-likeness (QED) is 0.614. The van der Waals surface area contributed by atoms with Crippen molar-refractivity contribution in [2.75, 3.05) is 20.8 Å². The van der Waals surface area contributed by atoms with Gasteiger partial charge in [0.05, 0.1) is 20.8 Å². The van der Waals surface area contributed by atoms with Gasteiger partial charge in [0.2, 0.25) is 5.91 Å². The first kappa shape index (κ1) is 17.6. The molecule has 0 aliphatic rings. The lowest BCUT2D eigenvalue weighted by molar-refractivity contribution is -0.144. The number of benzene rings is 1. The Morgan fingerprint density at radius 2 is 2.00 bits per heavy atom. The molecule has 0 saturated heterocycles. The third-order valence-electron chi connectivity index (χ3n) is 2.83. The second-order valence-corrected chi connectivity index (χ2v) is 4.43. The average molecular weight is 307 g/mol. The lowest BCUT2D eigenvalue weighted by Crippen LogP contribution is -2.38. The van der Waals surface area contributed by atoms with Crippen LogP contribution >= 0.6 is 0 Å². The minimum Gasteiger partial charge on any atom is -0.493 e. The molecule has 0 aliphatic heterocycles. The Hall–Kier alpha value is -2.50. The van der Waals surface area contributed by atoms with Gasteiger partial charge < -0.3 is 19.5 Å². The van der Waals surface area contributed by atoms with Crippen LogP contribution in [0.1, 0.15) is 19.4 Å². The zero-order valence-corrected chi connectivity index (χ0v) is 13.2. The molecule has 1 N–H and O–H groups in total. The summed E-state index contributed by atoms with van der Waals surface area (Å²) < 4.78 is 15.2. The van der Waals surface area contributed by atoms with E-state index >= 15 is 0 Å². The fraction of sp³-hybridized carbons (Fsp3) is 0.375. The number of rotatable bonds is 7. The van der Waals surface area contributed by atoms with Crippen LogP contribution in [0.25, 0.3) is 6.08 Å². The molecule has 1 atom stereocenters. The van der Waals surface area contributed by atoms with Gasteiger partial charge >= 0.3 is 5.97 Å². The van der Waals surface area contributed by atoms with Gasteiger partial charge in [-0.15, -0.1) is 0 Å². The Labute approximate surface area is 130 Å². The summed E-state index contributed by atoms with van der Waals surface area (Å²) in [5.74, 6) is 0.355. The second kappa shape index (κ2) is 8.71. The lowest BCUT2D eigenvalue weighted by Gasteiger charge is -2.10. The number of carbonyl (C=O) groups is 2. The molecule has 1 aromatic rings. The summed E-state index contributed by atoms with van der Waals surface area (Å²) >= 11 is 0. The summed E-state index contributed by atoms with van der Waals surface area (Å²) in [6, 6.07) is 4.65. The minimum absolute atomic E-state index is 0.384. The molecular formula is C16H21NO5. The van der Waals surface area contributed by atoms with Crippen molar-refractivity contribution in [2.24, 2.45) is 0 Å². The zero-order valence-electron chi connectivity index (χ0n) is 13.2. The van der Waals surface area contributed by atoms with Gasteiger partial charge in [0.15, 0.2) is 11.5 Å². The molecule has 1 amide bonds. The number of amides is 1. The first-order valence-corrected chi connectivity index (χ1v) is 6.89. The molecule has 6 heteroatoms. The highest BCUT2D eigenvalue weighted by atomic mass is 16.5. The largest absolute Gasteiger partial charge is 0.493 e. The fourth-order valence-electron chi connectivity index (χ4n) is 1.73. The summed E-state index contributed by atoms with van der Waals surface area (Å²) in [7, 11) is 2.82. The highest BCUT2D eigenvalue weighted by molar-refractivity contribution is 5.94. The topological polar surface area (TPSA) is 73.9 Å². The summed E-state index contributed by atoms with van der Waals surface area (Å²) in [4.78, 5) is 22.9. The maximum absolute atomic E-state index is 11.7. The number of esters is 1. The molecule has 0 heterocycles. The molecule has 0 aliphatic carbocycles. The predicted octanol–water partition coefficient (Wildman–Crippen LogP) is 1.78. The Kier molecular flexibility index (Phi) is 6.95. The number of hydrogen-bond acceptors (Lipinski definition) is 5. The number of ether oxygens (including phenoxy) is 3. The van der Waals surface area contributed by atoms with Crippen LogP contribution in [0.2, 0.25) is 0 Å². The Morgan fingerprint density at radius 3 is 2.59 bits per heavy atom. The van der Waals surface area contributed by atoms with E-state index in [0.29, 0.717) is 18.1 Å². The van der Waals surface area contributed by atoms with Crippen LogP contribution in [0.3, 0.4) is 0 Å². The number of carbonyl (C=O) groups excluding carboxylic acids is 2. The van der Waals surface area contributed by atoms with Crippen LogP contribution in [0.4, 0.5) is 0 Å². The van der Waals surface area contributed by atoms with Crippen LogP contribution in [-0.4, -0.2) is 38.7 Å². The molecule has 0 fully saturated rings. The van der Waals surface area contributed by atoms with Crippen molar-refractivity contribution < 1.29 is 23.8 Å². The van der Waals surface area contributed by atoms with E-state index < -0.39 is 12.0 Å². The van der Waals surface area contributed by atoms with Gasteiger partial charge in [-0.1, -0.05) is 6.07 Å². The minimum atomic E-state index is -0.697. The van der Waals surface area contributed by atoms with Crippen LogP contribution in [-0.2, 0) is 14.3 Å². The molecule has 0 saturated carbocycles. The average Bonchev–Trinajstić information content (AvgIpc) is 2.53. The van der Waals surface area contributed by atoms with Crippen LogP contribution in [0, 0.1) is 0 Å². The van der Waals surface area contributed by atoms with Crippen LogP contribution < -0.4 is 14.8 Å². The van der Waals surface area contributed by atoms with E-state index in [1.807, 2.05) is 6.92 Å². The van der Waals surface area contributed by atoms with Gasteiger partial charge in [-0.2, -0.15) is 0 Å². The van der Waals surface area contributed by atoms with Gasteiger partial charge in [0.1, 0.15) is 6.04 Å². The third-order valence-corrected chi connectivity index (χ3v) is 2.83. The normalized spacial score (nSPS) is 11.8. The molecule has 0 bridgehead atoms. The molecule has 22 heavy (non-hydrogen) atoms. The van der Waals surface area contributed by atoms with Gasteiger partial charge in [0, 0.05) is 6.08 Å². The van der Waals surface area contributed by atoms with Gasteiger partial charge in [-0.25, -0.2) is 4.79 Å². The Morgan fingerprint density at radius 1 is 1.27 bits per heavy atom. The van der Waals surface area contributed by atoms with Crippen LogP contribution in [0.15, 0.2) is 24.3 Å². The van der Waals surface area contributed by atoms with E-state index in [0.717, 1.165) is 5.56 Å². The maximum atomic E-state index is 11.7. The van der Waals surface area contributed by atoms with Gasteiger partial charge in [-0.05, 0) is 37.6 Å². The van der Waals surface area contributed by atoms with E-state index in [2.05, 4.69) is 10.1 Å². The third kappa shape index (κ3) is 5.12. The number of methoxy groups -OCH3 is 2. The van der Waals surface area contributed by atoms with E-state index in [1.165, 1.54) is 13.2 Å². The summed E-state index contributed by atoms with van der Waals surface area (Å²) in [5.41, 5.74) is 0.779. The maximum Gasteiger partial charge on any atom is 0.328 e. The smallest absolute Gasteiger partial charge is 0.328 e. The molecule has 1 unspecified atom stereocenters. The summed E-state index contributed by atoms with van der Waals surface area (Å²) in [5, 5.41) is 2.50. The van der Waals surface area contributed by atoms with Crippen LogP contribution in [0.5, 0.6) is 11.5 Å². The molecule has 0 spiro atoms. The molecule has 6 nitrogen and oxygen atoms in total. The van der Waals surface area contributed by atoms with E-state index in [1.54, 1.807) is 38.3 Å². The summed E-state index contributed by atoms with van der Waals surface area (Å²) in [6.45, 7) is 3.98. The van der Waals surface area contributed by atoms with Crippen molar-refractivity contribution in [2.45, 2.75) is 19.9 Å². The van der Waals surface area contributed by atoms with Crippen molar-refractivity contribution in [3.8, 4) is 11.5 Å². The monoisotopic (exact) mass is 307 g/mol. The molecule has 0 radical (unpaired) electrons. The van der Waals surface area contributed by atoms with E-state index in [9.17, 15) is 9.59 Å². The number of hydrogen-bond donors (Lipinski definition) is 1. The van der Waals surface area contributed by atoms with Crippen molar-refractivity contribution in [3.05, 3.63) is 29.8 Å². The van der Waals surface area contributed by atoms with Gasteiger partial charge in [0.25, 0.3) is 0 Å². The number of nitrogens with one attached hydrogen (secondary N) is 1. The Balaban J connectivity index is 2.73. The first-order valence-electron chi connectivity index (χ1n) is 6.89. The van der Waals surface area contributed by atoms with Gasteiger partial charge in [-0.3, -0.25) is 4.79 Å². The molecular weight excluding hydrogens is 286 g/mol. The molecule has 1 aromatic carbocycles. The first-order chi connectivity index (χ1) is 10.5. The van der Waals surface area contributed by atoms with E-state index in [-0.39, 0.29) is 5.91 Å². The highest BCUT2D eigenvalue weighted by Crippen LogP contribution is 2.28. The zero-order chi connectivity index (χ0) is 16.5. The second-order valence-electron chi connectivity index (χ2n) is 4.43. The SMILES string of the molecule is CCOc1ccc(/C=C/C(=O)NC(C)C(=O)OC)cc1OC. The van der Waals surface area contributed by atoms with Crippen molar-refractivity contribution in [1.29, 1.82) is 0 Å². The van der Waals surface area contributed by atoms with Crippen molar-refractivity contribution in [1.82, 2.24) is 5.32 Å². The molecule has 0 aromatic heterocycles.